The molecule has 13 heavy (non-hydrogen) atoms. The predicted molar refractivity (Wildman–Crippen MR) is 66.7 cm³/mol. The fourth-order valence-electron chi connectivity index (χ4n) is 1.39. The van der Waals surface area contributed by atoms with E-state index in [0.29, 0.717) is 0 Å². The third kappa shape index (κ3) is 12.5. The van der Waals surface area contributed by atoms with Crippen molar-refractivity contribution in [3.63, 3.8) is 0 Å². The van der Waals surface area contributed by atoms with Crippen molar-refractivity contribution in [3.05, 3.63) is 0 Å². The van der Waals surface area contributed by atoms with Crippen molar-refractivity contribution < 1.29 is 2.85 Å². The molecule has 0 spiro atoms. The van der Waals surface area contributed by atoms with E-state index in [-0.39, 0.29) is 18.3 Å². The molecule has 0 bridgehead atoms. The van der Waals surface area contributed by atoms with Crippen molar-refractivity contribution in [3.8, 4) is 0 Å². The number of hydrogen-bond donors (Lipinski definition) is 0. The Labute approximate surface area is 93.1 Å². The van der Waals surface area contributed by atoms with Crippen LogP contribution in [0.5, 0.6) is 0 Å². The van der Waals surface area contributed by atoms with Gasteiger partial charge in [-0.2, -0.15) is 0 Å². The monoisotopic (exact) mass is 250 g/mol. The van der Waals surface area contributed by atoms with Gasteiger partial charge in [0, 0.05) is 0 Å². The third-order valence-corrected chi connectivity index (χ3v) is 6.41. The second-order valence-electron chi connectivity index (χ2n) is 4.37. The Bertz CT molecular complexity index is 102. The maximum absolute atomic E-state index is 2.29. The van der Waals surface area contributed by atoms with Gasteiger partial charge in [-0.15, -0.1) is 0 Å². The van der Waals surface area contributed by atoms with E-state index in [9.17, 15) is 0 Å². The third-order valence-electron chi connectivity index (χ3n) is 2.21. The molecular formula is C10H28GeN2-2. The molecule has 0 saturated heterocycles. The minimum Gasteiger partial charge on any atom is -1.00 e. The summed E-state index contributed by atoms with van der Waals surface area (Å²) in [6, 6.07) is 0. The molecule has 0 aliphatic heterocycles. The van der Waals surface area contributed by atoms with E-state index in [0.717, 1.165) is 0 Å². The van der Waals surface area contributed by atoms with E-state index in [1.807, 2.05) is 0 Å². The van der Waals surface area contributed by atoms with Gasteiger partial charge >= 0.3 is 89.9 Å². The van der Waals surface area contributed by atoms with Gasteiger partial charge in [-0.3, -0.25) is 0 Å². The molecule has 0 heterocycles. The fourth-order valence-corrected chi connectivity index (χ4v) is 4.55. The van der Waals surface area contributed by atoms with Crippen LogP contribution >= 0.6 is 0 Å². The Morgan fingerprint density at radius 3 is 1.54 bits per heavy atom. The molecule has 0 N–H and O–H groups in total. The van der Waals surface area contributed by atoms with Crippen LogP contribution in [0.1, 0.15) is 15.7 Å². The summed E-state index contributed by atoms with van der Waals surface area (Å²) in [5, 5.41) is 3.16. The van der Waals surface area contributed by atoms with Crippen LogP contribution in [-0.4, -0.2) is 66.5 Å². The van der Waals surface area contributed by atoms with Crippen molar-refractivity contribution in [2.24, 2.45) is 0 Å². The quantitative estimate of drug-likeness (QED) is 0.469. The summed E-state index contributed by atoms with van der Waals surface area (Å²) in [5.74, 6) is 0. The molecule has 0 aliphatic carbocycles. The molecule has 2 nitrogen and oxygen atoms in total. The molecule has 0 amide bonds. The van der Waals surface area contributed by atoms with Crippen LogP contribution in [0, 0.1) is 0 Å². The first-order valence-electron chi connectivity index (χ1n) is 5.42. The molecule has 0 fully saturated rings. The molecule has 0 saturated carbocycles. The minimum absolute atomic E-state index is 0. The summed E-state index contributed by atoms with van der Waals surface area (Å²) in [6.07, 6.45) is 2.88. The molecule has 0 unspecified atom stereocenters. The molecule has 0 aromatic carbocycles. The zero-order chi connectivity index (χ0) is 10.1. The van der Waals surface area contributed by atoms with Gasteiger partial charge in [-0.1, -0.05) is 0 Å². The molecule has 3 heteroatoms. The Hall–Kier alpha value is 0.463. The van der Waals surface area contributed by atoms with Gasteiger partial charge in [0.25, 0.3) is 0 Å². The van der Waals surface area contributed by atoms with Crippen molar-refractivity contribution in [2.75, 3.05) is 41.3 Å². The Morgan fingerprint density at radius 2 is 1.23 bits per heavy atom. The maximum atomic E-state index is 2.29. The molecule has 0 aromatic rings. The second-order valence-corrected chi connectivity index (χ2v) is 8.83. The average Bonchev–Trinajstić information content (AvgIpc) is 2.01. The molecule has 0 rings (SSSR count). The summed E-state index contributed by atoms with van der Waals surface area (Å²) in [6.45, 7) is 2.58. The molecule has 0 radical (unpaired) electrons. The van der Waals surface area contributed by atoms with Gasteiger partial charge in [0.15, 0.2) is 0 Å². The van der Waals surface area contributed by atoms with Crippen LogP contribution in [0.4, 0.5) is 0 Å². The van der Waals surface area contributed by atoms with Crippen LogP contribution < -0.4 is 0 Å². The summed E-state index contributed by atoms with van der Waals surface area (Å²) in [4.78, 5) is 4.59. The summed E-state index contributed by atoms with van der Waals surface area (Å²) < 4.78 is 0. The molecule has 0 atom stereocenters. The van der Waals surface area contributed by atoms with Gasteiger partial charge in [0.05, 0.1) is 0 Å². The van der Waals surface area contributed by atoms with Gasteiger partial charge in [0.1, 0.15) is 0 Å². The van der Waals surface area contributed by atoms with Crippen molar-refractivity contribution in [1.82, 2.24) is 9.80 Å². The van der Waals surface area contributed by atoms with E-state index < -0.39 is 0 Å². The SMILES string of the molecule is CN(C)CC[CH2][GeH2][CH2]CCN(C)C.[H-].[H-]. The van der Waals surface area contributed by atoms with Crippen LogP contribution in [0.2, 0.25) is 10.5 Å². The first-order valence-corrected chi connectivity index (χ1v) is 9.62. The summed E-state index contributed by atoms with van der Waals surface area (Å²) >= 11 is -0.124. The minimum atomic E-state index is -0.124. The zero-order valence-electron chi connectivity index (χ0n) is 11.8. The van der Waals surface area contributed by atoms with E-state index in [1.54, 1.807) is 10.5 Å². The summed E-state index contributed by atoms with van der Waals surface area (Å²) in [5.41, 5.74) is 0. The van der Waals surface area contributed by atoms with Crippen LogP contribution in [-0.2, 0) is 0 Å². The maximum Gasteiger partial charge on any atom is -1.00 e. The molecule has 0 aliphatic rings. The standard InChI is InChI=1S/C10H26GeN2.2H/c1-12(2)9-5-7-11-8-6-10-13(3)4;;/h5-11H2,1-4H3;;/q;2*-1. The van der Waals surface area contributed by atoms with E-state index in [4.69, 9.17) is 0 Å². The first kappa shape index (κ1) is 13.5. The summed E-state index contributed by atoms with van der Waals surface area (Å²) in [7, 11) is 8.66. The number of rotatable bonds is 8. The van der Waals surface area contributed by atoms with E-state index >= 15 is 0 Å². The Balaban J connectivity index is -0.000000720. The van der Waals surface area contributed by atoms with E-state index in [2.05, 4.69) is 38.0 Å². The van der Waals surface area contributed by atoms with Gasteiger partial charge in [-0.25, -0.2) is 0 Å². The van der Waals surface area contributed by atoms with Crippen LogP contribution in [0.3, 0.4) is 0 Å². The van der Waals surface area contributed by atoms with Crippen LogP contribution in [0.25, 0.3) is 0 Å². The van der Waals surface area contributed by atoms with E-state index in [1.165, 1.54) is 25.9 Å². The molecule has 84 valence electrons. The van der Waals surface area contributed by atoms with Gasteiger partial charge in [-0.05, 0) is 0 Å². The van der Waals surface area contributed by atoms with Gasteiger partial charge < -0.3 is 2.85 Å². The normalized spacial score (nSPS) is 11.5. The number of hydrogen-bond acceptors (Lipinski definition) is 2. The fraction of sp³-hybridized carbons (Fsp3) is 1.00. The smallest absolute Gasteiger partial charge is 1.00 e. The predicted octanol–water partition coefficient (Wildman–Crippen LogP) is 1.12. The Kier molecular flexibility index (Phi) is 9.36. The van der Waals surface area contributed by atoms with Crippen LogP contribution in [0.15, 0.2) is 0 Å². The average molecular weight is 249 g/mol. The van der Waals surface area contributed by atoms with Crippen molar-refractivity contribution >= 4 is 15.4 Å². The first-order chi connectivity index (χ1) is 6.13. The largest absolute Gasteiger partial charge is 1.00 e. The topological polar surface area (TPSA) is 6.48 Å². The number of nitrogens with zero attached hydrogens (tertiary/aromatic N) is 2. The Morgan fingerprint density at radius 1 is 0.846 bits per heavy atom. The second kappa shape index (κ2) is 9.04. The molecule has 0 aromatic heterocycles. The van der Waals surface area contributed by atoms with Crippen molar-refractivity contribution in [2.45, 2.75) is 23.3 Å². The van der Waals surface area contributed by atoms with Gasteiger partial charge in [0.2, 0.25) is 0 Å². The zero-order valence-corrected chi connectivity index (χ0v) is 12.8. The molecular weight excluding hydrogens is 221 g/mol. The van der Waals surface area contributed by atoms with Crippen molar-refractivity contribution in [1.29, 1.82) is 0 Å².